The molecule has 0 aliphatic carbocycles. The van der Waals surface area contributed by atoms with Gasteiger partial charge in [-0.05, 0) is 70.3 Å². The van der Waals surface area contributed by atoms with Crippen molar-refractivity contribution in [3.05, 3.63) is 48.0 Å². The van der Waals surface area contributed by atoms with E-state index in [2.05, 4.69) is 37.5 Å². The summed E-state index contributed by atoms with van der Waals surface area (Å²) in [5.74, 6) is 0.738. The SMILES string of the molecule is CCOc1cccc2sc(N(CCN(CC)CC)C(=O)c3ccc(N(CC)CC)cc3)nc12.Cl. The molecule has 6 nitrogen and oxygen atoms in total. The van der Waals surface area contributed by atoms with Crippen molar-refractivity contribution in [2.24, 2.45) is 0 Å². The summed E-state index contributed by atoms with van der Waals surface area (Å²) in [5.41, 5.74) is 2.62. The number of amides is 1. The van der Waals surface area contributed by atoms with Gasteiger partial charge in [-0.2, -0.15) is 0 Å². The number of para-hydroxylation sites is 1. The second kappa shape index (κ2) is 13.5. The number of likely N-dealkylation sites (N-methyl/N-ethyl adjacent to an activating group) is 1. The quantitative estimate of drug-likeness (QED) is 0.305. The van der Waals surface area contributed by atoms with Crippen LogP contribution in [0.5, 0.6) is 5.75 Å². The van der Waals surface area contributed by atoms with Gasteiger partial charge in [0.1, 0.15) is 11.3 Å². The van der Waals surface area contributed by atoms with Crippen LogP contribution in [-0.2, 0) is 0 Å². The lowest BCUT2D eigenvalue weighted by Gasteiger charge is -2.25. The lowest BCUT2D eigenvalue weighted by molar-refractivity contribution is 0.0984. The van der Waals surface area contributed by atoms with Gasteiger partial charge in [0, 0.05) is 37.4 Å². The third-order valence-electron chi connectivity index (χ3n) is 5.92. The first-order valence-electron chi connectivity index (χ1n) is 12.0. The average Bonchev–Trinajstić information content (AvgIpc) is 3.28. The zero-order valence-corrected chi connectivity index (χ0v) is 22.5. The van der Waals surface area contributed by atoms with Crippen molar-refractivity contribution in [2.75, 3.05) is 55.7 Å². The van der Waals surface area contributed by atoms with Crippen LogP contribution in [0.4, 0.5) is 10.8 Å². The van der Waals surface area contributed by atoms with E-state index in [1.54, 1.807) is 0 Å². The fourth-order valence-electron chi connectivity index (χ4n) is 3.92. The van der Waals surface area contributed by atoms with Crippen LogP contribution in [0, 0.1) is 0 Å². The number of aromatic nitrogens is 1. The number of anilines is 2. The number of nitrogens with zero attached hydrogens (tertiary/aromatic N) is 4. The van der Waals surface area contributed by atoms with E-state index in [4.69, 9.17) is 9.72 Å². The molecule has 0 atom stereocenters. The first-order valence-corrected chi connectivity index (χ1v) is 12.8. The number of hydrogen-bond donors (Lipinski definition) is 0. The maximum Gasteiger partial charge on any atom is 0.260 e. The minimum Gasteiger partial charge on any atom is -0.492 e. The van der Waals surface area contributed by atoms with Gasteiger partial charge < -0.3 is 14.5 Å². The Morgan fingerprint density at radius 1 is 0.912 bits per heavy atom. The second-order valence-corrected chi connectivity index (χ2v) is 8.74. The molecule has 1 amide bonds. The van der Waals surface area contributed by atoms with E-state index in [1.807, 2.05) is 54.3 Å². The minimum atomic E-state index is -0.0229. The van der Waals surface area contributed by atoms with Gasteiger partial charge >= 0.3 is 0 Å². The fraction of sp³-hybridized carbons (Fsp3) is 0.462. The van der Waals surface area contributed by atoms with Crippen LogP contribution < -0.4 is 14.5 Å². The minimum absolute atomic E-state index is 0. The van der Waals surface area contributed by atoms with Gasteiger partial charge in [-0.3, -0.25) is 9.69 Å². The third kappa shape index (κ3) is 6.40. The van der Waals surface area contributed by atoms with E-state index in [9.17, 15) is 4.79 Å². The monoisotopic (exact) mass is 504 g/mol. The Morgan fingerprint density at radius 2 is 1.59 bits per heavy atom. The van der Waals surface area contributed by atoms with E-state index in [0.717, 1.165) is 54.4 Å². The number of fused-ring (bicyclic) bond motifs is 1. The van der Waals surface area contributed by atoms with Crippen molar-refractivity contribution in [1.82, 2.24) is 9.88 Å². The maximum absolute atomic E-state index is 13.7. The molecule has 1 aromatic heterocycles. The summed E-state index contributed by atoms with van der Waals surface area (Å²) in [6.07, 6.45) is 0. The average molecular weight is 505 g/mol. The second-order valence-electron chi connectivity index (χ2n) is 7.74. The fourth-order valence-corrected chi connectivity index (χ4v) is 4.93. The van der Waals surface area contributed by atoms with Gasteiger partial charge in [0.05, 0.1) is 11.3 Å². The molecule has 0 fully saturated rings. The molecule has 3 aromatic rings. The molecular weight excluding hydrogens is 468 g/mol. The van der Waals surface area contributed by atoms with Crippen molar-refractivity contribution < 1.29 is 9.53 Å². The molecule has 8 heteroatoms. The van der Waals surface area contributed by atoms with Gasteiger partial charge in [0.25, 0.3) is 5.91 Å². The zero-order chi connectivity index (χ0) is 23.8. The van der Waals surface area contributed by atoms with Crippen molar-refractivity contribution in [2.45, 2.75) is 34.6 Å². The highest BCUT2D eigenvalue weighted by molar-refractivity contribution is 7.22. The van der Waals surface area contributed by atoms with Gasteiger partial charge in [0.15, 0.2) is 5.13 Å². The number of halogens is 1. The molecule has 0 N–H and O–H groups in total. The Balaban J connectivity index is 0.00000408. The standard InChI is InChI=1S/C26H36N4O2S.ClH/c1-6-28(7-2)18-19-30(25(31)20-14-16-21(17-15-20)29(8-3)9-4)26-27-24-22(32-10-5)12-11-13-23(24)33-26;/h11-17H,6-10,18-19H2,1-5H3;1H. The molecule has 0 aliphatic rings. The molecule has 0 spiro atoms. The van der Waals surface area contributed by atoms with E-state index >= 15 is 0 Å². The molecule has 0 radical (unpaired) electrons. The molecule has 0 bridgehead atoms. The number of hydrogen-bond acceptors (Lipinski definition) is 6. The molecule has 0 aliphatic heterocycles. The Kier molecular flexibility index (Phi) is 11.1. The van der Waals surface area contributed by atoms with Crippen molar-refractivity contribution in [3.63, 3.8) is 0 Å². The normalized spacial score (nSPS) is 10.9. The highest BCUT2D eigenvalue weighted by Gasteiger charge is 2.23. The van der Waals surface area contributed by atoms with Crippen LogP contribution in [0.1, 0.15) is 45.0 Å². The van der Waals surface area contributed by atoms with Crippen LogP contribution >= 0.6 is 23.7 Å². The Hall–Kier alpha value is -2.35. The van der Waals surface area contributed by atoms with E-state index in [-0.39, 0.29) is 18.3 Å². The van der Waals surface area contributed by atoms with Crippen LogP contribution in [0.15, 0.2) is 42.5 Å². The van der Waals surface area contributed by atoms with Crippen molar-refractivity contribution in [3.8, 4) is 5.75 Å². The smallest absolute Gasteiger partial charge is 0.260 e. The zero-order valence-electron chi connectivity index (χ0n) is 20.9. The van der Waals surface area contributed by atoms with E-state index in [0.29, 0.717) is 23.8 Å². The van der Waals surface area contributed by atoms with Gasteiger partial charge in [0.2, 0.25) is 0 Å². The third-order valence-corrected chi connectivity index (χ3v) is 6.97. The Labute approximate surface area is 213 Å². The summed E-state index contributed by atoms with van der Waals surface area (Å²) in [6, 6.07) is 13.9. The predicted octanol–water partition coefficient (Wildman–Crippen LogP) is 5.95. The summed E-state index contributed by atoms with van der Waals surface area (Å²) in [4.78, 5) is 24.9. The number of carbonyl (C=O) groups excluding carboxylic acids is 1. The molecule has 2 aromatic carbocycles. The summed E-state index contributed by atoms with van der Waals surface area (Å²) >= 11 is 1.54. The highest BCUT2D eigenvalue weighted by Crippen LogP contribution is 2.35. The van der Waals surface area contributed by atoms with E-state index in [1.165, 1.54) is 11.3 Å². The molecule has 34 heavy (non-hydrogen) atoms. The molecule has 0 saturated carbocycles. The summed E-state index contributed by atoms with van der Waals surface area (Å²) in [6.45, 7) is 16.3. The molecule has 3 rings (SSSR count). The number of thiazole rings is 1. The summed E-state index contributed by atoms with van der Waals surface area (Å²) < 4.78 is 6.80. The molecule has 186 valence electrons. The van der Waals surface area contributed by atoms with Crippen LogP contribution in [0.2, 0.25) is 0 Å². The Bertz CT molecular complexity index is 1030. The first-order chi connectivity index (χ1) is 16.1. The largest absolute Gasteiger partial charge is 0.492 e. The number of benzene rings is 2. The molecular formula is C26H37ClN4O2S. The van der Waals surface area contributed by atoms with Crippen molar-refractivity contribution in [1.29, 1.82) is 0 Å². The summed E-state index contributed by atoms with van der Waals surface area (Å²) in [5, 5.41) is 0.710. The maximum atomic E-state index is 13.7. The topological polar surface area (TPSA) is 48.9 Å². The number of ether oxygens (including phenoxy) is 1. The molecule has 0 unspecified atom stereocenters. The van der Waals surface area contributed by atoms with Crippen molar-refractivity contribution >= 4 is 50.7 Å². The van der Waals surface area contributed by atoms with Crippen LogP contribution in [-0.4, -0.2) is 61.7 Å². The van der Waals surface area contributed by atoms with Gasteiger partial charge in [-0.25, -0.2) is 4.98 Å². The van der Waals surface area contributed by atoms with Crippen LogP contribution in [0.3, 0.4) is 0 Å². The Morgan fingerprint density at radius 3 is 2.18 bits per heavy atom. The number of rotatable bonds is 12. The summed E-state index contributed by atoms with van der Waals surface area (Å²) in [7, 11) is 0. The highest BCUT2D eigenvalue weighted by atomic mass is 35.5. The van der Waals surface area contributed by atoms with E-state index < -0.39 is 0 Å². The first kappa shape index (κ1) is 27.9. The molecule has 0 saturated heterocycles. The lowest BCUT2D eigenvalue weighted by atomic mass is 10.1. The van der Waals surface area contributed by atoms with Crippen LogP contribution in [0.25, 0.3) is 10.2 Å². The number of carbonyl (C=O) groups is 1. The van der Waals surface area contributed by atoms with Gasteiger partial charge in [-0.1, -0.05) is 31.3 Å². The van der Waals surface area contributed by atoms with Gasteiger partial charge in [-0.15, -0.1) is 12.4 Å². The predicted molar refractivity (Wildman–Crippen MR) is 148 cm³/mol. The lowest BCUT2D eigenvalue weighted by Crippen LogP contribution is -2.38. The molecule has 1 heterocycles.